The summed E-state index contributed by atoms with van der Waals surface area (Å²) < 4.78 is 19.4. The minimum atomic E-state index is -0.475. The smallest absolute Gasteiger partial charge is 0.257 e. The number of carbonyl (C=O) groups excluding carboxylic acids is 1. The van der Waals surface area contributed by atoms with E-state index in [1.807, 2.05) is 14.1 Å². The van der Waals surface area contributed by atoms with Crippen LogP contribution < -0.4 is 10.6 Å². The molecule has 3 heterocycles. The van der Waals surface area contributed by atoms with Crippen LogP contribution >= 0.6 is 0 Å². The summed E-state index contributed by atoms with van der Waals surface area (Å²) in [6, 6.07) is 9.48. The van der Waals surface area contributed by atoms with E-state index in [4.69, 9.17) is 15.5 Å². The second-order valence-corrected chi connectivity index (χ2v) is 7.42. The largest absolute Gasteiger partial charge is 0.383 e. The Bertz CT molecular complexity index is 1090. The van der Waals surface area contributed by atoms with Crippen LogP contribution in [-0.2, 0) is 4.74 Å². The Balaban J connectivity index is 1.69. The zero-order chi connectivity index (χ0) is 22.0. The summed E-state index contributed by atoms with van der Waals surface area (Å²) in [7, 11) is 3.69. The Hall–Kier alpha value is -3.59. The van der Waals surface area contributed by atoms with Crippen LogP contribution in [0.4, 0.5) is 16.2 Å². The first-order chi connectivity index (χ1) is 14.9. The lowest BCUT2D eigenvalue weighted by Crippen LogP contribution is -2.43. The normalized spacial score (nSPS) is 16.2. The van der Waals surface area contributed by atoms with Crippen molar-refractivity contribution >= 4 is 17.7 Å². The van der Waals surface area contributed by atoms with Crippen LogP contribution in [0.15, 0.2) is 48.8 Å². The highest BCUT2D eigenvalue weighted by atomic mass is 19.1. The molecule has 8 nitrogen and oxygen atoms in total. The standard InChI is InChI=1S/C22H23FN6O2/c1-28(2)22-26-12-17(14-5-7-15(23)8-6-14)19(27-22)18-13-29(10-11-31-18)21(30)16-4-3-9-25-20(16)24/h3-9,12,18H,10-11,13H2,1-2H3,(H2,24,25)/t18-/m1/s1. The first-order valence-corrected chi connectivity index (χ1v) is 9.85. The van der Waals surface area contributed by atoms with Gasteiger partial charge in [-0.05, 0) is 29.8 Å². The Kier molecular flexibility index (Phi) is 5.77. The molecule has 1 saturated heterocycles. The van der Waals surface area contributed by atoms with Crippen molar-refractivity contribution in [3.05, 3.63) is 65.9 Å². The van der Waals surface area contributed by atoms with E-state index in [0.717, 1.165) is 11.1 Å². The molecule has 1 aliphatic rings. The minimum absolute atomic E-state index is 0.194. The van der Waals surface area contributed by atoms with E-state index in [1.165, 1.54) is 12.1 Å². The SMILES string of the molecule is CN(C)c1ncc(-c2ccc(F)cc2)c([C@H]2CN(C(=O)c3cccnc3N)CCO2)n1. The molecule has 0 bridgehead atoms. The molecule has 2 N–H and O–H groups in total. The lowest BCUT2D eigenvalue weighted by molar-refractivity contribution is -0.0244. The summed E-state index contributed by atoms with van der Waals surface area (Å²) in [6.45, 7) is 1.08. The number of nitrogens with two attached hydrogens (primary N) is 1. The number of carbonyl (C=O) groups is 1. The molecule has 1 fully saturated rings. The van der Waals surface area contributed by atoms with E-state index in [2.05, 4.69) is 9.97 Å². The second kappa shape index (κ2) is 8.65. The number of anilines is 2. The molecule has 4 rings (SSSR count). The number of amides is 1. The monoisotopic (exact) mass is 422 g/mol. The molecule has 1 atom stereocenters. The number of hydrogen-bond acceptors (Lipinski definition) is 7. The summed E-state index contributed by atoms with van der Waals surface area (Å²) in [5.74, 6) is 0.184. The number of halogens is 1. The van der Waals surface area contributed by atoms with Gasteiger partial charge in [-0.2, -0.15) is 0 Å². The average Bonchev–Trinajstić information content (AvgIpc) is 2.79. The number of rotatable bonds is 4. The van der Waals surface area contributed by atoms with Crippen LogP contribution in [0.1, 0.15) is 22.2 Å². The lowest BCUT2D eigenvalue weighted by atomic mass is 10.0. The average molecular weight is 422 g/mol. The molecule has 9 heteroatoms. The molecule has 0 spiro atoms. The molecule has 1 aromatic carbocycles. The van der Waals surface area contributed by atoms with Crippen LogP contribution in [0.25, 0.3) is 11.1 Å². The maximum absolute atomic E-state index is 13.4. The van der Waals surface area contributed by atoms with E-state index < -0.39 is 6.10 Å². The van der Waals surface area contributed by atoms with Gasteiger partial charge in [-0.3, -0.25) is 4.79 Å². The zero-order valence-corrected chi connectivity index (χ0v) is 17.3. The van der Waals surface area contributed by atoms with Gasteiger partial charge in [0.05, 0.1) is 24.4 Å². The van der Waals surface area contributed by atoms with Gasteiger partial charge in [0.1, 0.15) is 17.7 Å². The fraction of sp³-hybridized carbons (Fsp3) is 0.273. The van der Waals surface area contributed by atoms with Gasteiger partial charge < -0.3 is 20.3 Å². The number of nitrogen functional groups attached to an aromatic ring is 1. The minimum Gasteiger partial charge on any atom is -0.383 e. The van der Waals surface area contributed by atoms with Crippen LogP contribution in [0, 0.1) is 5.82 Å². The van der Waals surface area contributed by atoms with Crippen molar-refractivity contribution in [2.24, 2.45) is 0 Å². The molecule has 0 unspecified atom stereocenters. The van der Waals surface area contributed by atoms with Crippen LogP contribution in [-0.4, -0.2) is 59.6 Å². The van der Waals surface area contributed by atoms with Gasteiger partial charge >= 0.3 is 0 Å². The topological polar surface area (TPSA) is 97.5 Å². The number of hydrogen-bond donors (Lipinski definition) is 1. The predicted molar refractivity (Wildman–Crippen MR) is 115 cm³/mol. The molecule has 2 aromatic heterocycles. The molecule has 160 valence electrons. The summed E-state index contributed by atoms with van der Waals surface area (Å²) in [5, 5.41) is 0. The van der Waals surface area contributed by atoms with Crippen LogP contribution in [0.3, 0.4) is 0 Å². The van der Waals surface area contributed by atoms with E-state index in [1.54, 1.807) is 46.5 Å². The van der Waals surface area contributed by atoms with Gasteiger partial charge in [-0.15, -0.1) is 0 Å². The predicted octanol–water partition coefficient (Wildman–Crippen LogP) is 2.54. The van der Waals surface area contributed by atoms with Crippen molar-refractivity contribution in [2.45, 2.75) is 6.10 Å². The number of pyridine rings is 1. The molecular formula is C22H23FN6O2. The third kappa shape index (κ3) is 4.31. The van der Waals surface area contributed by atoms with E-state index >= 15 is 0 Å². The summed E-state index contributed by atoms with van der Waals surface area (Å²) in [5.41, 5.74) is 8.39. The number of benzene rings is 1. The first-order valence-electron chi connectivity index (χ1n) is 9.85. The third-order valence-corrected chi connectivity index (χ3v) is 5.09. The highest BCUT2D eigenvalue weighted by molar-refractivity contribution is 5.98. The van der Waals surface area contributed by atoms with Gasteiger partial charge in [0.15, 0.2) is 0 Å². The molecular weight excluding hydrogens is 399 g/mol. The second-order valence-electron chi connectivity index (χ2n) is 7.42. The van der Waals surface area contributed by atoms with Crippen molar-refractivity contribution < 1.29 is 13.9 Å². The van der Waals surface area contributed by atoms with Crippen molar-refractivity contribution in [3.63, 3.8) is 0 Å². The van der Waals surface area contributed by atoms with Crippen LogP contribution in [0.2, 0.25) is 0 Å². The summed E-state index contributed by atoms with van der Waals surface area (Å²) in [4.78, 5) is 29.6. The van der Waals surface area contributed by atoms with Gasteiger partial charge in [-0.1, -0.05) is 12.1 Å². The van der Waals surface area contributed by atoms with Crippen molar-refractivity contribution in [1.29, 1.82) is 0 Å². The fourth-order valence-electron chi connectivity index (χ4n) is 3.47. The van der Waals surface area contributed by atoms with Crippen LogP contribution in [0.5, 0.6) is 0 Å². The first kappa shape index (κ1) is 20.7. The Morgan fingerprint density at radius 2 is 2.00 bits per heavy atom. The zero-order valence-electron chi connectivity index (χ0n) is 17.3. The number of morpholine rings is 1. The molecule has 3 aromatic rings. The van der Waals surface area contributed by atoms with Gasteiger partial charge in [0, 0.05) is 38.6 Å². The van der Waals surface area contributed by atoms with E-state index in [-0.39, 0.29) is 17.5 Å². The molecule has 0 radical (unpaired) electrons. The fourth-order valence-corrected chi connectivity index (χ4v) is 3.47. The van der Waals surface area contributed by atoms with Gasteiger partial charge in [0.2, 0.25) is 5.95 Å². The summed E-state index contributed by atoms with van der Waals surface area (Å²) >= 11 is 0. The third-order valence-electron chi connectivity index (χ3n) is 5.09. The molecule has 1 aliphatic heterocycles. The van der Waals surface area contributed by atoms with Crippen molar-refractivity contribution in [3.8, 4) is 11.1 Å². The van der Waals surface area contributed by atoms with E-state index in [0.29, 0.717) is 36.9 Å². The maximum Gasteiger partial charge on any atom is 0.257 e. The van der Waals surface area contributed by atoms with Gasteiger partial charge in [0.25, 0.3) is 5.91 Å². The number of nitrogens with zero attached hydrogens (tertiary/aromatic N) is 5. The highest BCUT2D eigenvalue weighted by Crippen LogP contribution is 2.32. The number of aromatic nitrogens is 3. The Labute approximate surface area is 179 Å². The Morgan fingerprint density at radius 1 is 1.23 bits per heavy atom. The quantitative estimate of drug-likeness (QED) is 0.690. The molecule has 31 heavy (non-hydrogen) atoms. The number of ether oxygens (including phenoxy) is 1. The van der Waals surface area contributed by atoms with Crippen molar-refractivity contribution in [1.82, 2.24) is 19.9 Å². The van der Waals surface area contributed by atoms with Crippen molar-refractivity contribution in [2.75, 3.05) is 44.4 Å². The molecule has 1 amide bonds. The lowest BCUT2D eigenvalue weighted by Gasteiger charge is -2.33. The van der Waals surface area contributed by atoms with E-state index in [9.17, 15) is 9.18 Å². The highest BCUT2D eigenvalue weighted by Gasteiger charge is 2.30. The Morgan fingerprint density at radius 3 is 2.71 bits per heavy atom. The molecule has 0 aliphatic carbocycles. The summed E-state index contributed by atoms with van der Waals surface area (Å²) in [6.07, 6.45) is 2.78. The molecule has 0 saturated carbocycles. The maximum atomic E-state index is 13.4. The van der Waals surface area contributed by atoms with Gasteiger partial charge in [-0.25, -0.2) is 19.3 Å².